The second-order valence-corrected chi connectivity index (χ2v) is 5.32. The second kappa shape index (κ2) is 6.51. The summed E-state index contributed by atoms with van der Waals surface area (Å²) in [5.74, 6) is 0.499. The van der Waals surface area contributed by atoms with Crippen LogP contribution in [0.2, 0.25) is 0 Å². The van der Waals surface area contributed by atoms with E-state index < -0.39 is 0 Å². The molecule has 1 amide bonds. The van der Waals surface area contributed by atoms with Crippen LogP contribution in [0.25, 0.3) is 0 Å². The number of rotatable bonds is 3. The monoisotopic (exact) mass is 300 g/mol. The van der Waals surface area contributed by atoms with Crippen molar-refractivity contribution in [3.63, 3.8) is 0 Å². The van der Waals surface area contributed by atoms with Gasteiger partial charge in [-0.1, -0.05) is 0 Å². The van der Waals surface area contributed by atoms with Crippen molar-refractivity contribution in [1.82, 2.24) is 9.97 Å². The first-order valence-corrected chi connectivity index (χ1v) is 7.30. The van der Waals surface area contributed by atoms with Gasteiger partial charge in [-0.3, -0.25) is 9.78 Å². The number of nitrogens with one attached hydrogen (secondary N) is 1. The third-order valence-electron chi connectivity index (χ3n) is 3.85. The minimum Gasteiger partial charge on any atom is -0.355 e. The first kappa shape index (κ1) is 14.4. The van der Waals surface area contributed by atoms with E-state index in [1.54, 1.807) is 30.7 Å². The Morgan fingerprint density at radius 2 is 1.91 bits per heavy atom. The van der Waals surface area contributed by atoms with Crippen LogP contribution in [0.5, 0.6) is 0 Å². The first-order valence-electron chi connectivity index (χ1n) is 7.30. The highest BCUT2D eigenvalue weighted by Crippen LogP contribution is 2.22. The third-order valence-corrected chi connectivity index (χ3v) is 3.85. The molecule has 6 heteroatoms. The molecule has 0 spiro atoms. The van der Waals surface area contributed by atoms with E-state index in [4.69, 9.17) is 0 Å². The predicted octanol–water partition coefficient (Wildman–Crippen LogP) is 2.47. The van der Waals surface area contributed by atoms with Crippen LogP contribution in [-0.4, -0.2) is 29.0 Å². The van der Waals surface area contributed by atoms with Gasteiger partial charge in [-0.25, -0.2) is 9.37 Å². The molecule has 2 aromatic rings. The average molecular weight is 300 g/mol. The average Bonchev–Trinajstić information content (AvgIpc) is 2.58. The maximum Gasteiger partial charge on any atom is 0.227 e. The number of piperidine rings is 1. The molecule has 5 nitrogen and oxygen atoms in total. The van der Waals surface area contributed by atoms with Gasteiger partial charge in [-0.15, -0.1) is 0 Å². The summed E-state index contributed by atoms with van der Waals surface area (Å²) < 4.78 is 12.9. The number of carbonyl (C=O) groups is 1. The van der Waals surface area contributed by atoms with Gasteiger partial charge in [0.05, 0.1) is 6.20 Å². The van der Waals surface area contributed by atoms with Crippen molar-refractivity contribution in [2.45, 2.75) is 12.8 Å². The standard InChI is InChI=1S/C16H17FN4O/c17-13-1-3-14(4-2-13)20-16(22)12-5-9-21(10-6-12)15-11-18-7-8-19-15/h1-4,7-8,11-12H,5-6,9-10H2,(H,20,22). The number of hydrogen-bond donors (Lipinski definition) is 1. The summed E-state index contributed by atoms with van der Waals surface area (Å²) in [6, 6.07) is 5.82. The topological polar surface area (TPSA) is 58.1 Å². The molecule has 2 heterocycles. The molecule has 0 atom stereocenters. The van der Waals surface area contributed by atoms with Gasteiger partial charge in [0.15, 0.2) is 0 Å². The molecule has 0 bridgehead atoms. The van der Waals surface area contributed by atoms with Gasteiger partial charge in [0.2, 0.25) is 5.91 Å². The molecule has 1 aliphatic rings. The summed E-state index contributed by atoms with van der Waals surface area (Å²) in [6.45, 7) is 1.56. The van der Waals surface area contributed by atoms with Crippen LogP contribution in [0.4, 0.5) is 15.9 Å². The SMILES string of the molecule is O=C(Nc1ccc(F)cc1)C1CCN(c2cnccn2)CC1. The molecule has 0 aliphatic carbocycles. The summed E-state index contributed by atoms with van der Waals surface area (Å²) in [5.41, 5.74) is 0.628. The molecular formula is C16H17FN4O. The van der Waals surface area contributed by atoms with Crippen LogP contribution >= 0.6 is 0 Å². The molecule has 0 saturated carbocycles. The number of carbonyl (C=O) groups excluding carboxylic acids is 1. The van der Waals surface area contributed by atoms with E-state index in [-0.39, 0.29) is 17.6 Å². The number of amides is 1. The van der Waals surface area contributed by atoms with Crippen LogP contribution in [0, 0.1) is 11.7 Å². The number of benzene rings is 1. The van der Waals surface area contributed by atoms with E-state index in [2.05, 4.69) is 20.2 Å². The van der Waals surface area contributed by atoms with Gasteiger partial charge in [0.25, 0.3) is 0 Å². The quantitative estimate of drug-likeness (QED) is 0.946. The van der Waals surface area contributed by atoms with Crippen LogP contribution in [0.15, 0.2) is 42.9 Å². The Balaban J connectivity index is 1.54. The highest BCUT2D eigenvalue weighted by molar-refractivity contribution is 5.92. The molecular weight excluding hydrogens is 283 g/mol. The zero-order valence-corrected chi connectivity index (χ0v) is 12.1. The van der Waals surface area contributed by atoms with Crippen LogP contribution in [0.3, 0.4) is 0 Å². The van der Waals surface area contributed by atoms with Crippen molar-refractivity contribution in [1.29, 1.82) is 0 Å². The molecule has 1 aromatic carbocycles. The number of anilines is 2. The number of hydrogen-bond acceptors (Lipinski definition) is 4. The van der Waals surface area contributed by atoms with Gasteiger partial charge >= 0.3 is 0 Å². The predicted molar refractivity (Wildman–Crippen MR) is 82.0 cm³/mol. The second-order valence-electron chi connectivity index (χ2n) is 5.32. The van der Waals surface area contributed by atoms with E-state index in [9.17, 15) is 9.18 Å². The Labute approximate surface area is 128 Å². The van der Waals surface area contributed by atoms with Crippen LogP contribution < -0.4 is 10.2 Å². The fourth-order valence-corrected chi connectivity index (χ4v) is 2.60. The minimum atomic E-state index is -0.310. The summed E-state index contributed by atoms with van der Waals surface area (Å²) in [5, 5.41) is 2.84. The molecule has 3 rings (SSSR count). The van der Waals surface area contributed by atoms with Crippen molar-refractivity contribution < 1.29 is 9.18 Å². The van der Waals surface area contributed by atoms with E-state index >= 15 is 0 Å². The molecule has 1 aliphatic heterocycles. The van der Waals surface area contributed by atoms with Gasteiger partial charge in [0, 0.05) is 37.1 Å². The van der Waals surface area contributed by atoms with Crippen molar-refractivity contribution >= 4 is 17.4 Å². The Morgan fingerprint density at radius 3 is 2.55 bits per heavy atom. The van der Waals surface area contributed by atoms with Gasteiger partial charge in [0.1, 0.15) is 11.6 Å². The number of aromatic nitrogens is 2. The highest BCUT2D eigenvalue weighted by Gasteiger charge is 2.25. The van der Waals surface area contributed by atoms with E-state index in [1.807, 2.05) is 0 Å². The maximum atomic E-state index is 12.9. The number of nitrogens with zero attached hydrogens (tertiary/aromatic N) is 3. The maximum absolute atomic E-state index is 12.9. The molecule has 0 unspecified atom stereocenters. The van der Waals surface area contributed by atoms with Gasteiger partial charge in [-0.2, -0.15) is 0 Å². The highest BCUT2D eigenvalue weighted by atomic mass is 19.1. The van der Waals surface area contributed by atoms with Gasteiger partial charge in [-0.05, 0) is 37.1 Å². The van der Waals surface area contributed by atoms with Crippen LogP contribution in [-0.2, 0) is 4.79 Å². The minimum absolute atomic E-state index is 0.00889. The third kappa shape index (κ3) is 3.39. The van der Waals surface area contributed by atoms with E-state index in [1.165, 1.54) is 12.1 Å². The zero-order chi connectivity index (χ0) is 15.4. The lowest BCUT2D eigenvalue weighted by Crippen LogP contribution is -2.38. The fraction of sp³-hybridized carbons (Fsp3) is 0.312. The van der Waals surface area contributed by atoms with E-state index in [0.717, 1.165) is 31.7 Å². The summed E-state index contributed by atoms with van der Waals surface area (Å²) in [6.07, 6.45) is 6.58. The molecule has 1 aromatic heterocycles. The smallest absolute Gasteiger partial charge is 0.227 e. The Bertz CT molecular complexity index is 624. The zero-order valence-electron chi connectivity index (χ0n) is 12.1. The van der Waals surface area contributed by atoms with Crippen molar-refractivity contribution in [2.24, 2.45) is 5.92 Å². The van der Waals surface area contributed by atoms with E-state index in [0.29, 0.717) is 5.69 Å². The summed E-state index contributed by atoms with van der Waals surface area (Å²) in [7, 11) is 0. The largest absolute Gasteiger partial charge is 0.355 e. The molecule has 0 radical (unpaired) electrons. The Morgan fingerprint density at radius 1 is 1.18 bits per heavy atom. The summed E-state index contributed by atoms with van der Waals surface area (Å²) >= 11 is 0. The molecule has 1 fully saturated rings. The van der Waals surface area contributed by atoms with Gasteiger partial charge < -0.3 is 10.2 Å². The van der Waals surface area contributed by atoms with Crippen molar-refractivity contribution in [2.75, 3.05) is 23.3 Å². The lowest BCUT2D eigenvalue weighted by molar-refractivity contribution is -0.120. The summed E-state index contributed by atoms with van der Waals surface area (Å²) in [4.78, 5) is 22.7. The molecule has 1 saturated heterocycles. The number of halogens is 1. The fourth-order valence-electron chi connectivity index (χ4n) is 2.60. The van der Waals surface area contributed by atoms with Crippen molar-refractivity contribution in [3.8, 4) is 0 Å². The van der Waals surface area contributed by atoms with Crippen LogP contribution in [0.1, 0.15) is 12.8 Å². The lowest BCUT2D eigenvalue weighted by Gasteiger charge is -2.31. The molecule has 114 valence electrons. The van der Waals surface area contributed by atoms with Crippen molar-refractivity contribution in [3.05, 3.63) is 48.7 Å². The lowest BCUT2D eigenvalue weighted by atomic mass is 9.96. The first-order chi connectivity index (χ1) is 10.7. The Hall–Kier alpha value is -2.50. The Kier molecular flexibility index (Phi) is 4.27. The molecule has 22 heavy (non-hydrogen) atoms. The normalized spacial score (nSPS) is 15.6. The molecule has 1 N–H and O–H groups in total.